The largest absolute Gasteiger partial charge is 0.491 e. The molecule has 0 aliphatic heterocycles. The lowest BCUT2D eigenvalue weighted by Gasteiger charge is -2.06. The van der Waals surface area contributed by atoms with Crippen LogP contribution in [0.5, 0.6) is 5.75 Å². The van der Waals surface area contributed by atoms with Crippen LogP contribution in [0, 0.1) is 0 Å². The SMILES string of the molecule is NCCOCCOc1cccc(Br)c1. The average Bonchev–Trinajstić information content (AvgIpc) is 2.18. The van der Waals surface area contributed by atoms with Crippen molar-refractivity contribution >= 4 is 15.9 Å². The molecule has 3 nitrogen and oxygen atoms in total. The third kappa shape index (κ3) is 4.60. The summed E-state index contributed by atoms with van der Waals surface area (Å²) < 4.78 is 11.6. The maximum atomic E-state index is 5.44. The van der Waals surface area contributed by atoms with Gasteiger partial charge in [-0.3, -0.25) is 0 Å². The third-order valence-corrected chi connectivity index (χ3v) is 2.05. The van der Waals surface area contributed by atoms with Crippen molar-refractivity contribution in [3.05, 3.63) is 28.7 Å². The topological polar surface area (TPSA) is 44.5 Å². The zero-order valence-electron chi connectivity index (χ0n) is 7.91. The number of hydrogen-bond donors (Lipinski definition) is 1. The van der Waals surface area contributed by atoms with E-state index in [0.29, 0.717) is 26.4 Å². The van der Waals surface area contributed by atoms with Crippen LogP contribution in [-0.2, 0) is 4.74 Å². The van der Waals surface area contributed by atoms with Crippen LogP contribution in [0.2, 0.25) is 0 Å². The second-order valence-electron chi connectivity index (χ2n) is 2.71. The van der Waals surface area contributed by atoms with Crippen LogP contribution in [0.4, 0.5) is 0 Å². The van der Waals surface area contributed by atoms with Crippen molar-refractivity contribution < 1.29 is 9.47 Å². The molecule has 1 aromatic rings. The maximum Gasteiger partial charge on any atom is 0.120 e. The third-order valence-electron chi connectivity index (χ3n) is 1.55. The number of rotatable bonds is 6. The predicted molar refractivity (Wildman–Crippen MR) is 59.5 cm³/mol. The summed E-state index contributed by atoms with van der Waals surface area (Å²) in [6.07, 6.45) is 0. The molecule has 0 fully saturated rings. The van der Waals surface area contributed by atoms with E-state index in [2.05, 4.69) is 15.9 Å². The number of nitrogens with two attached hydrogens (primary N) is 1. The summed E-state index contributed by atoms with van der Waals surface area (Å²) in [6.45, 7) is 2.26. The zero-order chi connectivity index (χ0) is 10.2. The van der Waals surface area contributed by atoms with Gasteiger partial charge < -0.3 is 15.2 Å². The fourth-order valence-electron chi connectivity index (χ4n) is 0.961. The van der Waals surface area contributed by atoms with E-state index in [1.165, 1.54) is 0 Å². The molecule has 0 saturated heterocycles. The molecule has 0 aromatic heterocycles. The molecule has 0 aliphatic rings. The van der Waals surface area contributed by atoms with Crippen molar-refractivity contribution in [1.29, 1.82) is 0 Å². The Morgan fingerprint density at radius 1 is 1.21 bits per heavy atom. The van der Waals surface area contributed by atoms with E-state index < -0.39 is 0 Å². The highest BCUT2D eigenvalue weighted by atomic mass is 79.9. The van der Waals surface area contributed by atoms with Crippen LogP contribution in [0.3, 0.4) is 0 Å². The van der Waals surface area contributed by atoms with Gasteiger partial charge in [-0.2, -0.15) is 0 Å². The highest BCUT2D eigenvalue weighted by Crippen LogP contribution is 2.17. The van der Waals surface area contributed by atoms with Crippen LogP contribution >= 0.6 is 15.9 Å². The van der Waals surface area contributed by atoms with Gasteiger partial charge in [0, 0.05) is 11.0 Å². The van der Waals surface area contributed by atoms with Gasteiger partial charge in [0.05, 0.1) is 13.2 Å². The number of ether oxygens (including phenoxy) is 2. The van der Waals surface area contributed by atoms with Crippen molar-refractivity contribution in [3.8, 4) is 5.75 Å². The van der Waals surface area contributed by atoms with Crippen molar-refractivity contribution in [2.45, 2.75) is 0 Å². The van der Waals surface area contributed by atoms with Crippen LogP contribution in [0.25, 0.3) is 0 Å². The second-order valence-corrected chi connectivity index (χ2v) is 3.62. The van der Waals surface area contributed by atoms with Crippen LogP contribution < -0.4 is 10.5 Å². The van der Waals surface area contributed by atoms with Crippen LogP contribution in [-0.4, -0.2) is 26.4 Å². The summed E-state index contributed by atoms with van der Waals surface area (Å²) in [5.41, 5.74) is 5.27. The first-order chi connectivity index (χ1) is 6.83. The van der Waals surface area contributed by atoms with Crippen molar-refractivity contribution in [1.82, 2.24) is 0 Å². The van der Waals surface area contributed by atoms with E-state index in [1.807, 2.05) is 24.3 Å². The number of hydrogen-bond acceptors (Lipinski definition) is 3. The van der Waals surface area contributed by atoms with Crippen molar-refractivity contribution in [2.24, 2.45) is 5.73 Å². The van der Waals surface area contributed by atoms with Crippen LogP contribution in [0.1, 0.15) is 0 Å². The molecule has 0 atom stereocenters. The molecule has 2 N–H and O–H groups in total. The van der Waals surface area contributed by atoms with Gasteiger partial charge in [-0.1, -0.05) is 22.0 Å². The predicted octanol–water partition coefficient (Wildman–Crippen LogP) is 1.80. The first-order valence-electron chi connectivity index (χ1n) is 4.49. The Labute approximate surface area is 92.3 Å². The molecule has 0 heterocycles. The minimum Gasteiger partial charge on any atom is -0.491 e. The van der Waals surface area contributed by atoms with Crippen molar-refractivity contribution in [3.63, 3.8) is 0 Å². The molecule has 1 rings (SSSR count). The molecule has 0 amide bonds. The Morgan fingerprint density at radius 2 is 2.07 bits per heavy atom. The molecule has 1 aromatic carbocycles. The molecular weight excluding hydrogens is 246 g/mol. The quantitative estimate of drug-likeness (QED) is 0.793. The molecular formula is C10H14BrNO2. The first kappa shape index (κ1) is 11.5. The van der Waals surface area contributed by atoms with E-state index in [4.69, 9.17) is 15.2 Å². The lowest BCUT2D eigenvalue weighted by atomic mass is 10.3. The van der Waals surface area contributed by atoms with Gasteiger partial charge >= 0.3 is 0 Å². The Balaban J connectivity index is 2.18. The highest BCUT2D eigenvalue weighted by Gasteiger charge is 1.94. The summed E-state index contributed by atoms with van der Waals surface area (Å²) in [5.74, 6) is 0.843. The number of halogens is 1. The highest BCUT2D eigenvalue weighted by molar-refractivity contribution is 9.10. The summed E-state index contributed by atoms with van der Waals surface area (Å²) in [5, 5.41) is 0. The maximum absolute atomic E-state index is 5.44. The molecule has 0 aliphatic carbocycles. The number of benzene rings is 1. The van der Waals surface area contributed by atoms with Gasteiger partial charge in [0.25, 0.3) is 0 Å². The standard InChI is InChI=1S/C10H14BrNO2/c11-9-2-1-3-10(8-9)14-7-6-13-5-4-12/h1-3,8H,4-7,12H2. The lowest BCUT2D eigenvalue weighted by Crippen LogP contribution is -2.13. The normalized spacial score (nSPS) is 10.1. The summed E-state index contributed by atoms with van der Waals surface area (Å²) in [7, 11) is 0. The van der Waals surface area contributed by atoms with Gasteiger partial charge in [-0.15, -0.1) is 0 Å². The fourth-order valence-corrected chi connectivity index (χ4v) is 1.34. The molecule has 0 bridgehead atoms. The Morgan fingerprint density at radius 3 is 2.79 bits per heavy atom. The Kier molecular flexibility index (Phi) is 5.59. The van der Waals surface area contributed by atoms with E-state index >= 15 is 0 Å². The molecule has 14 heavy (non-hydrogen) atoms. The van der Waals surface area contributed by atoms with Crippen LogP contribution in [0.15, 0.2) is 28.7 Å². The van der Waals surface area contributed by atoms with Gasteiger partial charge in [0.15, 0.2) is 0 Å². The average molecular weight is 260 g/mol. The minimum absolute atomic E-state index is 0.552. The monoisotopic (exact) mass is 259 g/mol. The fraction of sp³-hybridized carbons (Fsp3) is 0.400. The van der Waals surface area contributed by atoms with Gasteiger partial charge in [0.2, 0.25) is 0 Å². The van der Waals surface area contributed by atoms with E-state index in [-0.39, 0.29) is 0 Å². The minimum atomic E-state index is 0.552. The molecule has 0 spiro atoms. The molecule has 0 unspecified atom stereocenters. The smallest absolute Gasteiger partial charge is 0.120 e. The Hall–Kier alpha value is -0.580. The molecule has 0 saturated carbocycles. The van der Waals surface area contributed by atoms with E-state index in [9.17, 15) is 0 Å². The Bertz CT molecular complexity index is 268. The lowest BCUT2D eigenvalue weighted by molar-refractivity contribution is 0.106. The summed E-state index contributed by atoms with van der Waals surface area (Å²) >= 11 is 3.37. The summed E-state index contributed by atoms with van der Waals surface area (Å²) in [4.78, 5) is 0. The first-order valence-corrected chi connectivity index (χ1v) is 5.28. The summed E-state index contributed by atoms with van der Waals surface area (Å²) in [6, 6.07) is 7.72. The van der Waals surface area contributed by atoms with E-state index in [0.717, 1.165) is 10.2 Å². The van der Waals surface area contributed by atoms with Crippen molar-refractivity contribution in [2.75, 3.05) is 26.4 Å². The molecule has 0 radical (unpaired) electrons. The molecule has 78 valence electrons. The van der Waals surface area contributed by atoms with E-state index in [1.54, 1.807) is 0 Å². The van der Waals surface area contributed by atoms with Gasteiger partial charge in [-0.25, -0.2) is 0 Å². The van der Waals surface area contributed by atoms with Gasteiger partial charge in [-0.05, 0) is 18.2 Å². The second kappa shape index (κ2) is 6.81. The van der Waals surface area contributed by atoms with Gasteiger partial charge in [0.1, 0.15) is 12.4 Å². The zero-order valence-corrected chi connectivity index (χ0v) is 9.50. The molecule has 4 heteroatoms.